The molecule has 1 unspecified atom stereocenters. The Bertz CT molecular complexity index is 687. The zero-order chi connectivity index (χ0) is 15.5. The van der Waals surface area contributed by atoms with E-state index >= 15 is 0 Å². The molecule has 0 saturated heterocycles. The van der Waals surface area contributed by atoms with Gasteiger partial charge >= 0.3 is 0 Å². The van der Waals surface area contributed by atoms with Gasteiger partial charge in [0.2, 0.25) is 5.91 Å². The van der Waals surface area contributed by atoms with Crippen molar-refractivity contribution in [3.8, 4) is 0 Å². The SMILES string of the molecule is O=C(CSC1=NC(=O)C2CCCC2=N1)Nc1ccccc1Cl. The number of amidine groups is 1. The highest BCUT2D eigenvalue weighted by molar-refractivity contribution is 8.14. The van der Waals surface area contributed by atoms with Gasteiger partial charge in [0.25, 0.3) is 5.91 Å². The Morgan fingerprint density at radius 3 is 3.00 bits per heavy atom. The molecule has 1 saturated carbocycles. The zero-order valence-corrected chi connectivity index (χ0v) is 13.3. The van der Waals surface area contributed by atoms with E-state index in [9.17, 15) is 9.59 Å². The summed E-state index contributed by atoms with van der Waals surface area (Å²) in [7, 11) is 0. The number of para-hydroxylation sites is 1. The topological polar surface area (TPSA) is 70.9 Å². The number of benzene rings is 1. The molecule has 3 rings (SSSR count). The Morgan fingerprint density at radius 2 is 2.18 bits per heavy atom. The maximum Gasteiger partial charge on any atom is 0.256 e. The minimum atomic E-state index is -0.206. The van der Waals surface area contributed by atoms with E-state index < -0.39 is 0 Å². The van der Waals surface area contributed by atoms with E-state index in [-0.39, 0.29) is 23.5 Å². The molecule has 2 amide bonds. The first-order valence-corrected chi connectivity index (χ1v) is 8.37. The third-order valence-electron chi connectivity index (χ3n) is 3.55. The fourth-order valence-corrected chi connectivity index (χ4v) is 3.34. The monoisotopic (exact) mass is 335 g/mol. The summed E-state index contributed by atoms with van der Waals surface area (Å²) in [6.45, 7) is 0. The molecule has 22 heavy (non-hydrogen) atoms. The number of hydrogen-bond acceptors (Lipinski definition) is 4. The van der Waals surface area contributed by atoms with Crippen molar-refractivity contribution < 1.29 is 9.59 Å². The second-order valence-electron chi connectivity index (χ2n) is 5.10. The summed E-state index contributed by atoms with van der Waals surface area (Å²) in [5, 5.41) is 3.60. The largest absolute Gasteiger partial charge is 0.324 e. The lowest BCUT2D eigenvalue weighted by molar-refractivity contribution is -0.119. The molecular weight excluding hydrogens is 322 g/mol. The molecule has 1 fully saturated rings. The molecule has 7 heteroatoms. The van der Waals surface area contributed by atoms with Crippen LogP contribution < -0.4 is 5.32 Å². The number of carbonyl (C=O) groups excluding carboxylic acids is 2. The van der Waals surface area contributed by atoms with Gasteiger partial charge in [0.1, 0.15) is 0 Å². The highest BCUT2D eigenvalue weighted by atomic mass is 35.5. The van der Waals surface area contributed by atoms with Crippen LogP contribution in [0.3, 0.4) is 0 Å². The van der Waals surface area contributed by atoms with Crippen LogP contribution in [0, 0.1) is 5.92 Å². The Labute approximate surface area is 137 Å². The maximum absolute atomic E-state index is 11.9. The van der Waals surface area contributed by atoms with E-state index in [2.05, 4.69) is 15.3 Å². The van der Waals surface area contributed by atoms with Crippen LogP contribution in [0.5, 0.6) is 0 Å². The van der Waals surface area contributed by atoms with E-state index in [1.807, 2.05) is 0 Å². The number of fused-ring (bicyclic) bond motifs is 1. The summed E-state index contributed by atoms with van der Waals surface area (Å²) in [4.78, 5) is 32.2. The number of amides is 2. The van der Waals surface area contributed by atoms with Crippen LogP contribution in [0.25, 0.3) is 0 Å². The van der Waals surface area contributed by atoms with Gasteiger partial charge < -0.3 is 5.32 Å². The minimum Gasteiger partial charge on any atom is -0.324 e. The number of nitrogens with one attached hydrogen (secondary N) is 1. The first-order chi connectivity index (χ1) is 10.6. The van der Waals surface area contributed by atoms with Crippen molar-refractivity contribution >= 4 is 51.7 Å². The molecule has 0 radical (unpaired) electrons. The standard InChI is InChI=1S/C15H14ClN3O2S/c16-10-5-1-2-6-12(10)17-13(20)8-22-15-18-11-7-3-4-9(11)14(21)19-15/h1-2,5-6,9H,3-4,7-8H2,(H,17,20). The number of carbonyl (C=O) groups is 2. The molecule has 1 aliphatic heterocycles. The predicted octanol–water partition coefficient (Wildman–Crippen LogP) is 3.15. The van der Waals surface area contributed by atoms with Crippen molar-refractivity contribution in [1.82, 2.24) is 0 Å². The predicted molar refractivity (Wildman–Crippen MR) is 89.8 cm³/mol. The van der Waals surface area contributed by atoms with Crippen LogP contribution in [0.15, 0.2) is 34.3 Å². The average Bonchev–Trinajstić information content (AvgIpc) is 2.97. The summed E-state index contributed by atoms with van der Waals surface area (Å²) in [5.74, 6) is -0.321. The van der Waals surface area contributed by atoms with Gasteiger partial charge in [-0.05, 0) is 31.4 Å². The summed E-state index contributed by atoms with van der Waals surface area (Å²) >= 11 is 7.16. The Hall–Kier alpha value is -1.66. The van der Waals surface area contributed by atoms with Crippen LogP contribution in [0.2, 0.25) is 5.02 Å². The molecule has 1 aromatic rings. The van der Waals surface area contributed by atoms with E-state index in [1.165, 1.54) is 11.8 Å². The number of rotatable bonds is 3. The fourth-order valence-electron chi connectivity index (χ4n) is 2.49. The molecule has 5 nitrogen and oxygen atoms in total. The number of halogens is 1. The van der Waals surface area contributed by atoms with Gasteiger partial charge in [-0.2, -0.15) is 4.99 Å². The van der Waals surface area contributed by atoms with Crippen LogP contribution in [-0.4, -0.2) is 28.4 Å². The van der Waals surface area contributed by atoms with Crippen LogP contribution >= 0.6 is 23.4 Å². The maximum atomic E-state index is 11.9. The molecule has 1 heterocycles. The van der Waals surface area contributed by atoms with Crippen molar-refractivity contribution in [3.05, 3.63) is 29.3 Å². The highest BCUT2D eigenvalue weighted by Crippen LogP contribution is 2.28. The van der Waals surface area contributed by atoms with Crippen LogP contribution in [0.4, 0.5) is 5.69 Å². The van der Waals surface area contributed by atoms with E-state index in [0.717, 1.165) is 25.0 Å². The molecule has 0 spiro atoms. The number of hydrogen-bond donors (Lipinski definition) is 1. The van der Waals surface area contributed by atoms with E-state index in [4.69, 9.17) is 11.6 Å². The number of nitrogens with zero attached hydrogens (tertiary/aromatic N) is 2. The molecule has 0 aromatic heterocycles. The van der Waals surface area contributed by atoms with Crippen molar-refractivity contribution in [2.75, 3.05) is 11.1 Å². The molecule has 1 atom stereocenters. The third-order valence-corrected chi connectivity index (χ3v) is 4.73. The van der Waals surface area contributed by atoms with E-state index in [0.29, 0.717) is 15.9 Å². The zero-order valence-electron chi connectivity index (χ0n) is 11.7. The summed E-state index contributed by atoms with van der Waals surface area (Å²) < 4.78 is 0. The van der Waals surface area contributed by atoms with Gasteiger partial charge in [0, 0.05) is 5.71 Å². The van der Waals surface area contributed by atoms with Crippen molar-refractivity contribution in [1.29, 1.82) is 0 Å². The Balaban J connectivity index is 1.58. The molecule has 2 aliphatic rings. The molecule has 1 N–H and O–H groups in total. The highest BCUT2D eigenvalue weighted by Gasteiger charge is 2.32. The van der Waals surface area contributed by atoms with E-state index in [1.54, 1.807) is 24.3 Å². The second kappa shape index (κ2) is 6.62. The number of thioether (sulfide) groups is 1. The van der Waals surface area contributed by atoms with Gasteiger partial charge in [-0.3, -0.25) is 9.59 Å². The smallest absolute Gasteiger partial charge is 0.256 e. The van der Waals surface area contributed by atoms with Gasteiger partial charge in [0.15, 0.2) is 5.17 Å². The lowest BCUT2D eigenvalue weighted by Gasteiger charge is -2.13. The van der Waals surface area contributed by atoms with Crippen molar-refractivity contribution in [2.45, 2.75) is 19.3 Å². The lowest BCUT2D eigenvalue weighted by Crippen LogP contribution is -2.24. The third kappa shape index (κ3) is 3.39. The van der Waals surface area contributed by atoms with Crippen LogP contribution in [-0.2, 0) is 9.59 Å². The fraction of sp³-hybridized carbons (Fsp3) is 0.333. The summed E-state index contributed by atoms with van der Waals surface area (Å²) in [5.41, 5.74) is 1.48. The quantitative estimate of drug-likeness (QED) is 0.922. The van der Waals surface area contributed by atoms with Gasteiger partial charge in [-0.15, -0.1) is 0 Å². The Morgan fingerprint density at radius 1 is 1.36 bits per heavy atom. The Kier molecular flexibility index (Phi) is 4.59. The lowest BCUT2D eigenvalue weighted by atomic mass is 10.1. The molecule has 0 bridgehead atoms. The van der Waals surface area contributed by atoms with Crippen molar-refractivity contribution in [3.63, 3.8) is 0 Å². The van der Waals surface area contributed by atoms with Gasteiger partial charge in [-0.25, -0.2) is 4.99 Å². The average molecular weight is 336 g/mol. The summed E-state index contributed by atoms with van der Waals surface area (Å²) in [6, 6.07) is 7.03. The molecule has 1 aromatic carbocycles. The molecular formula is C15H14ClN3O2S. The molecule has 1 aliphatic carbocycles. The first kappa shape index (κ1) is 15.2. The number of anilines is 1. The second-order valence-corrected chi connectivity index (χ2v) is 6.45. The normalized spacial score (nSPS) is 20.2. The van der Waals surface area contributed by atoms with Crippen LogP contribution in [0.1, 0.15) is 19.3 Å². The minimum absolute atomic E-state index is 0.124. The summed E-state index contributed by atoms with van der Waals surface area (Å²) in [6.07, 6.45) is 2.67. The number of aliphatic imine (C=N–C) groups is 2. The first-order valence-electron chi connectivity index (χ1n) is 7.00. The molecule has 114 valence electrons. The van der Waals surface area contributed by atoms with Crippen molar-refractivity contribution in [2.24, 2.45) is 15.9 Å². The van der Waals surface area contributed by atoms with Gasteiger partial charge in [-0.1, -0.05) is 35.5 Å². The van der Waals surface area contributed by atoms with Gasteiger partial charge in [0.05, 0.1) is 22.4 Å².